The molecule has 0 aliphatic rings. The zero-order valence-electron chi connectivity index (χ0n) is 40.6. The average molecular weight is 881 g/mol. The second-order valence-corrected chi connectivity index (χ2v) is 22.4. The van der Waals surface area contributed by atoms with Gasteiger partial charge in [-0.2, -0.15) is 0 Å². The Balaban J connectivity index is 1.87. The van der Waals surface area contributed by atoms with Gasteiger partial charge in [0.05, 0.1) is 28.4 Å². The number of ether oxygens (including phenoxy) is 4. The van der Waals surface area contributed by atoms with Crippen molar-refractivity contribution in [1.82, 2.24) is 0 Å². The van der Waals surface area contributed by atoms with Gasteiger partial charge in [-0.3, -0.25) is 0 Å². The molecule has 4 nitrogen and oxygen atoms in total. The molecule has 0 bridgehead atoms. The summed E-state index contributed by atoms with van der Waals surface area (Å²) in [4.78, 5) is 0. The maximum Gasteiger partial charge on any atom is 0.124 e. The van der Waals surface area contributed by atoms with Gasteiger partial charge in [0.1, 0.15) is 23.0 Å². The van der Waals surface area contributed by atoms with Crippen LogP contribution in [0.4, 0.5) is 0 Å². The number of methoxy groups -OCH3 is 4. The molecule has 6 heteroatoms. The molecule has 0 heterocycles. The average Bonchev–Trinajstić information content (AvgIpc) is 3.24. The van der Waals surface area contributed by atoms with E-state index in [0.29, 0.717) is 0 Å². The maximum atomic E-state index is 6.05. The van der Waals surface area contributed by atoms with Gasteiger partial charge in [0, 0.05) is 11.3 Å². The zero-order valence-corrected chi connectivity index (χ0v) is 42.4. The van der Waals surface area contributed by atoms with Gasteiger partial charge in [0.2, 0.25) is 0 Å². The van der Waals surface area contributed by atoms with E-state index in [2.05, 4.69) is 185 Å². The first-order chi connectivity index (χ1) is 30.2. The van der Waals surface area contributed by atoms with Crippen LogP contribution >= 0.6 is 15.8 Å². The minimum Gasteiger partial charge on any atom is -0.496 e. The molecule has 0 N–H and O–H groups in total. The van der Waals surface area contributed by atoms with Crippen LogP contribution in [0.15, 0.2) is 109 Å². The number of rotatable bonds is 17. The molecule has 0 spiro atoms. The minimum absolute atomic E-state index is 0.0872. The van der Waals surface area contributed by atoms with Crippen LogP contribution in [-0.2, 0) is 0 Å². The number of benzene rings is 6. The fourth-order valence-electron chi connectivity index (χ4n) is 10.9. The molecule has 332 valence electrons. The molecule has 6 rings (SSSR count). The predicted molar refractivity (Wildman–Crippen MR) is 273 cm³/mol. The Kier molecular flexibility index (Phi) is 15.6. The molecule has 0 fully saturated rings. The van der Waals surface area contributed by atoms with E-state index in [1.165, 1.54) is 32.3 Å². The highest BCUT2D eigenvalue weighted by Gasteiger charge is 2.54. The molecule has 0 aliphatic heterocycles. The molecule has 0 aliphatic carbocycles. The van der Waals surface area contributed by atoms with Gasteiger partial charge in [-0.1, -0.05) is 87.9 Å². The molecule has 0 saturated carbocycles. The third kappa shape index (κ3) is 9.32. The Hall–Kier alpha value is -4.62. The van der Waals surface area contributed by atoms with Crippen LogP contribution in [0.2, 0.25) is 0 Å². The van der Waals surface area contributed by atoms with Crippen molar-refractivity contribution in [3.63, 3.8) is 0 Å². The van der Waals surface area contributed by atoms with E-state index in [1.54, 1.807) is 28.4 Å². The molecule has 0 aromatic heterocycles. The lowest BCUT2D eigenvalue weighted by Gasteiger charge is -2.55. The first kappa shape index (κ1) is 47.8. The Labute approximate surface area is 382 Å². The van der Waals surface area contributed by atoms with Crippen molar-refractivity contribution in [3.8, 4) is 23.0 Å². The van der Waals surface area contributed by atoms with Crippen molar-refractivity contribution in [2.24, 2.45) is 11.3 Å². The maximum absolute atomic E-state index is 6.05. The molecule has 2 atom stereocenters. The summed E-state index contributed by atoms with van der Waals surface area (Å²) in [5.74, 6) is 4.08. The SMILES string of the molecule is CCCC(C(C)C)(C(c1ccccc1)P(c1cc(C)c(OC)c(C)c1)c1cc(C)c(OC)c(C)c1)C(c1ccccc1)P(c1cc(C)c(OC)c(C)c1)c1cc(C)c(OC)c(C)c1. The van der Waals surface area contributed by atoms with Crippen molar-refractivity contribution in [2.75, 3.05) is 28.4 Å². The van der Waals surface area contributed by atoms with Gasteiger partial charge in [-0.05, 0) is 214 Å². The highest BCUT2D eigenvalue weighted by atomic mass is 31.1. The molecule has 0 radical (unpaired) electrons. The molecule has 0 amide bonds. The number of hydrogen-bond donors (Lipinski definition) is 0. The van der Waals surface area contributed by atoms with E-state index in [-0.39, 0.29) is 22.7 Å². The van der Waals surface area contributed by atoms with Crippen molar-refractivity contribution >= 4 is 37.1 Å². The van der Waals surface area contributed by atoms with E-state index >= 15 is 0 Å². The van der Waals surface area contributed by atoms with Crippen molar-refractivity contribution < 1.29 is 18.9 Å². The lowest BCUT2D eigenvalue weighted by Crippen LogP contribution is -2.43. The zero-order chi connectivity index (χ0) is 45.7. The fourth-order valence-corrected chi connectivity index (χ4v) is 18.5. The summed E-state index contributed by atoms with van der Waals surface area (Å²) in [5.41, 5.74) is 11.9. The van der Waals surface area contributed by atoms with Crippen LogP contribution < -0.4 is 40.2 Å². The molecule has 6 aromatic rings. The second kappa shape index (κ2) is 20.5. The molecule has 2 unspecified atom stereocenters. The van der Waals surface area contributed by atoms with Gasteiger partial charge in [0.25, 0.3) is 0 Å². The molecule has 63 heavy (non-hydrogen) atoms. The lowest BCUT2D eigenvalue weighted by molar-refractivity contribution is 0.152. The highest BCUT2D eigenvalue weighted by molar-refractivity contribution is 7.74. The van der Waals surface area contributed by atoms with E-state index in [0.717, 1.165) is 80.3 Å². The van der Waals surface area contributed by atoms with Crippen LogP contribution in [0.25, 0.3) is 0 Å². The highest BCUT2D eigenvalue weighted by Crippen LogP contribution is 2.73. The van der Waals surface area contributed by atoms with Crippen LogP contribution in [-0.4, -0.2) is 28.4 Å². The molecular weight excluding hydrogens is 811 g/mol. The second-order valence-electron chi connectivity index (χ2n) is 17.8. The summed E-state index contributed by atoms with van der Waals surface area (Å²) in [6.07, 6.45) is 2.05. The Morgan fingerprint density at radius 1 is 0.413 bits per heavy atom. The minimum atomic E-state index is -1.09. The smallest absolute Gasteiger partial charge is 0.124 e. The van der Waals surface area contributed by atoms with Gasteiger partial charge in [-0.25, -0.2) is 0 Å². The summed E-state index contributed by atoms with van der Waals surface area (Å²) in [5, 5.41) is 5.46. The Morgan fingerprint density at radius 3 is 0.841 bits per heavy atom. The fraction of sp³-hybridized carbons (Fsp3) is 0.368. The van der Waals surface area contributed by atoms with Crippen LogP contribution in [0, 0.1) is 66.7 Å². The third-order valence-electron chi connectivity index (χ3n) is 13.2. The normalized spacial score (nSPS) is 13.6. The van der Waals surface area contributed by atoms with Gasteiger partial charge in [0.15, 0.2) is 0 Å². The van der Waals surface area contributed by atoms with Crippen LogP contribution in [0.1, 0.15) is 101 Å². The summed E-state index contributed by atoms with van der Waals surface area (Å²) in [6, 6.07) is 42.6. The van der Waals surface area contributed by atoms with E-state index in [1.807, 2.05) is 0 Å². The van der Waals surface area contributed by atoms with Crippen molar-refractivity contribution in [1.29, 1.82) is 0 Å². The predicted octanol–water partition coefficient (Wildman–Crippen LogP) is 13.7. The Morgan fingerprint density at radius 2 is 0.651 bits per heavy atom. The largest absolute Gasteiger partial charge is 0.496 e. The summed E-state index contributed by atoms with van der Waals surface area (Å²) in [6.45, 7) is 25.1. The van der Waals surface area contributed by atoms with Gasteiger partial charge < -0.3 is 18.9 Å². The molecule has 0 saturated heterocycles. The summed E-state index contributed by atoms with van der Waals surface area (Å²) in [7, 11) is 5.00. The number of aryl methyl sites for hydroxylation is 8. The standard InChI is InChI=1S/C57H70O4P2/c1-16-27-57(36(2)3,55(45-23-19-17-20-24-45)62(47-28-37(4)51(58-12)38(5)29-47)48-30-39(6)52(59-13)40(7)31-48)56(46-25-21-18-22-26-46)63(49-32-41(8)53(60-14)42(9)33-49)50-34-43(10)54(61-15)44(11)35-50/h17-26,28-36,55-56H,16,27H2,1-15H3. The molecular formula is C57H70O4P2. The summed E-state index contributed by atoms with van der Waals surface area (Å²) < 4.78 is 24.2. The van der Waals surface area contributed by atoms with E-state index in [4.69, 9.17) is 18.9 Å². The van der Waals surface area contributed by atoms with Gasteiger partial charge >= 0.3 is 0 Å². The first-order valence-electron chi connectivity index (χ1n) is 22.5. The topological polar surface area (TPSA) is 36.9 Å². The van der Waals surface area contributed by atoms with E-state index in [9.17, 15) is 0 Å². The lowest BCUT2D eigenvalue weighted by atomic mass is 9.65. The Bertz CT molecular complexity index is 2130. The number of hydrogen-bond acceptors (Lipinski definition) is 4. The quantitative estimate of drug-likeness (QED) is 0.0856. The van der Waals surface area contributed by atoms with E-state index < -0.39 is 15.8 Å². The molecule has 6 aromatic carbocycles. The summed E-state index contributed by atoms with van der Waals surface area (Å²) >= 11 is 0. The monoisotopic (exact) mass is 880 g/mol. The third-order valence-corrected chi connectivity index (χ3v) is 19.1. The van der Waals surface area contributed by atoms with Crippen LogP contribution in [0.3, 0.4) is 0 Å². The first-order valence-corrected chi connectivity index (χ1v) is 25.3. The van der Waals surface area contributed by atoms with Crippen LogP contribution in [0.5, 0.6) is 23.0 Å². The van der Waals surface area contributed by atoms with Gasteiger partial charge in [-0.15, -0.1) is 0 Å². The van der Waals surface area contributed by atoms with Crippen molar-refractivity contribution in [3.05, 3.63) is 165 Å². The van der Waals surface area contributed by atoms with Crippen molar-refractivity contribution in [2.45, 2.75) is 100 Å².